The summed E-state index contributed by atoms with van der Waals surface area (Å²) in [5, 5.41) is 13.0. The molecule has 16 heavy (non-hydrogen) atoms. The summed E-state index contributed by atoms with van der Waals surface area (Å²) in [6.07, 6.45) is 0.921. The Labute approximate surface area is 104 Å². The normalized spacial score (nSPS) is 15.2. The third-order valence-corrected chi connectivity index (χ3v) is 3.83. The Balaban J connectivity index is 2.41. The summed E-state index contributed by atoms with van der Waals surface area (Å²) in [5.74, 6) is 0. The smallest absolute Gasteiger partial charge is 0.168 e. The molecule has 6 heteroatoms. The van der Waals surface area contributed by atoms with Crippen LogP contribution in [0.2, 0.25) is 0 Å². The molecule has 0 unspecified atom stereocenters. The summed E-state index contributed by atoms with van der Waals surface area (Å²) in [5.41, 5.74) is 7.31. The van der Waals surface area contributed by atoms with Crippen LogP contribution in [0.15, 0.2) is 0 Å². The number of nitrogens with two attached hydrogens (primary N) is 1. The Bertz CT molecular complexity index is 472. The second-order valence-electron chi connectivity index (χ2n) is 3.80. The highest BCUT2D eigenvalue weighted by Crippen LogP contribution is 2.36. The van der Waals surface area contributed by atoms with E-state index in [1.807, 2.05) is 0 Å². The van der Waals surface area contributed by atoms with Crippen molar-refractivity contribution in [1.29, 1.82) is 5.26 Å². The van der Waals surface area contributed by atoms with Gasteiger partial charge in [0.2, 0.25) is 0 Å². The Morgan fingerprint density at radius 1 is 1.69 bits per heavy atom. The Kier molecular flexibility index (Phi) is 3.10. The molecule has 0 bridgehead atoms. The zero-order chi connectivity index (χ0) is 11.7. The van der Waals surface area contributed by atoms with Crippen LogP contribution in [0.3, 0.4) is 0 Å². The van der Waals surface area contributed by atoms with E-state index in [4.69, 9.17) is 23.2 Å². The topological polar surface area (TPSA) is 65.1 Å². The van der Waals surface area contributed by atoms with Crippen molar-refractivity contribution >= 4 is 33.7 Å². The number of anilines is 1. The SMILES string of the molecule is CN1CCc2c(sc(NC(N)=S)c2C#N)C1. The molecule has 2 rings (SSSR count). The van der Waals surface area contributed by atoms with E-state index in [2.05, 4.69) is 23.3 Å². The number of thiocarbonyl (C=S) groups is 1. The summed E-state index contributed by atoms with van der Waals surface area (Å²) in [7, 11) is 2.08. The first-order chi connectivity index (χ1) is 7.61. The minimum Gasteiger partial charge on any atom is -0.376 e. The van der Waals surface area contributed by atoms with Gasteiger partial charge in [0.15, 0.2) is 5.11 Å². The molecule has 0 atom stereocenters. The van der Waals surface area contributed by atoms with Crippen molar-refractivity contribution < 1.29 is 0 Å². The highest BCUT2D eigenvalue weighted by molar-refractivity contribution is 7.80. The van der Waals surface area contributed by atoms with E-state index in [-0.39, 0.29) is 5.11 Å². The molecule has 84 valence electrons. The number of likely N-dealkylation sites (N-methyl/N-ethyl adjacent to an activating group) is 1. The number of rotatable bonds is 1. The summed E-state index contributed by atoms with van der Waals surface area (Å²) in [6, 6.07) is 2.24. The van der Waals surface area contributed by atoms with Crippen molar-refractivity contribution in [1.82, 2.24) is 4.90 Å². The van der Waals surface area contributed by atoms with Gasteiger partial charge in [-0.1, -0.05) is 0 Å². The van der Waals surface area contributed by atoms with Crippen LogP contribution in [-0.4, -0.2) is 23.6 Å². The Morgan fingerprint density at radius 2 is 2.44 bits per heavy atom. The van der Waals surface area contributed by atoms with Gasteiger partial charge >= 0.3 is 0 Å². The molecule has 0 amide bonds. The third-order valence-electron chi connectivity index (χ3n) is 2.60. The fourth-order valence-electron chi connectivity index (χ4n) is 1.85. The first-order valence-corrected chi connectivity index (χ1v) is 6.14. The van der Waals surface area contributed by atoms with Crippen molar-refractivity contribution in [2.75, 3.05) is 18.9 Å². The van der Waals surface area contributed by atoms with Crippen molar-refractivity contribution in [3.05, 3.63) is 16.0 Å². The predicted octanol–water partition coefficient (Wildman–Crippen LogP) is 1.26. The number of fused-ring (bicyclic) bond motifs is 1. The maximum Gasteiger partial charge on any atom is 0.168 e. The molecule has 1 aromatic heterocycles. The molecule has 2 heterocycles. The molecule has 0 aromatic carbocycles. The van der Waals surface area contributed by atoms with E-state index >= 15 is 0 Å². The number of thiophene rings is 1. The van der Waals surface area contributed by atoms with Gasteiger partial charge in [-0.25, -0.2) is 0 Å². The van der Waals surface area contributed by atoms with E-state index in [0.717, 1.165) is 30.1 Å². The lowest BCUT2D eigenvalue weighted by Gasteiger charge is -2.21. The van der Waals surface area contributed by atoms with Gasteiger partial charge < -0.3 is 16.0 Å². The second kappa shape index (κ2) is 4.37. The lowest BCUT2D eigenvalue weighted by molar-refractivity contribution is 0.317. The molecular formula is C10H12N4S2. The molecule has 0 aliphatic carbocycles. The number of hydrogen-bond donors (Lipinski definition) is 2. The van der Waals surface area contributed by atoms with E-state index in [9.17, 15) is 0 Å². The Hall–Kier alpha value is -1.16. The quantitative estimate of drug-likeness (QED) is 0.737. The lowest BCUT2D eigenvalue weighted by Crippen LogP contribution is -2.25. The minimum absolute atomic E-state index is 0.212. The molecule has 0 saturated heterocycles. The molecule has 0 spiro atoms. The fraction of sp³-hybridized carbons (Fsp3) is 0.400. The van der Waals surface area contributed by atoms with Crippen LogP contribution in [-0.2, 0) is 13.0 Å². The third kappa shape index (κ3) is 2.02. The molecule has 4 nitrogen and oxygen atoms in total. The number of hydrogen-bond acceptors (Lipinski definition) is 4. The van der Waals surface area contributed by atoms with Gasteiger partial charge in [0.1, 0.15) is 11.1 Å². The summed E-state index contributed by atoms with van der Waals surface area (Å²) < 4.78 is 0. The van der Waals surface area contributed by atoms with Gasteiger partial charge in [0.05, 0.1) is 5.56 Å². The van der Waals surface area contributed by atoms with Crippen LogP contribution in [0, 0.1) is 11.3 Å². The lowest BCUT2D eigenvalue weighted by atomic mass is 10.0. The molecule has 1 aromatic rings. The van der Waals surface area contributed by atoms with E-state index in [1.165, 1.54) is 4.88 Å². The van der Waals surface area contributed by atoms with Crippen LogP contribution >= 0.6 is 23.6 Å². The highest BCUT2D eigenvalue weighted by atomic mass is 32.1. The minimum atomic E-state index is 0.212. The summed E-state index contributed by atoms with van der Waals surface area (Å²) >= 11 is 6.38. The molecule has 0 radical (unpaired) electrons. The zero-order valence-corrected chi connectivity index (χ0v) is 10.5. The number of nitrogens with one attached hydrogen (secondary N) is 1. The van der Waals surface area contributed by atoms with Crippen molar-refractivity contribution in [3.8, 4) is 6.07 Å². The van der Waals surface area contributed by atoms with Gasteiger partial charge in [-0.05, 0) is 31.2 Å². The van der Waals surface area contributed by atoms with Crippen molar-refractivity contribution in [2.24, 2.45) is 5.73 Å². The summed E-state index contributed by atoms with van der Waals surface area (Å²) in [4.78, 5) is 3.48. The molecule has 1 aliphatic heterocycles. The number of nitrogens with zero attached hydrogens (tertiary/aromatic N) is 2. The standard InChI is InChI=1S/C10H12N4S2/c1-14-3-2-6-7(4-11)9(13-10(12)15)16-8(6)5-14/h2-3,5H2,1H3,(H3,12,13,15). The van der Waals surface area contributed by atoms with Crippen LogP contribution in [0.1, 0.15) is 16.0 Å². The van der Waals surface area contributed by atoms with Gasteiger partial charge in [-0.3, -0.25) is 0 Å². The van der Waals surface area contributed by atoms with E-state index < -0.39 is 0 Å². The van der Waals surface area contributed by atoms with Crippen LogP contribution in [0.25, 0.3) is 0 Å². The highest BCUT2D eigenvalue weighted by Gasteiger charge is 2.22. The molecular weight excluding hydrogens is 240 g/mol. The van der Waals surface area contributed by atoms with Gasteiger partial charge in [0.25, 0.3) is 0 Å². The average molecular weight is 252 g/mol. The fourth-order valence-corrected chi connectivity index (χ4v) is 3.31. The van der Waals surface area contributed by atoms with Gasteiger partial charge in [-0.15, -0.1) is 11.3 Å². The summed E-state index contributed by atoms with van der Waals surface area (Å²) in [6.45, 7) is 1.89. The van der Waals surface area contributed by atoms with Gasteiger partial charge in [-0.2, -0.15) is 5.26 Å². The van der Waals surface area contributed by atoms with Crippen molar-refractivity contribution in [2.45, 2.75) is 13.0 Å². The molecule has 0 saturated carbocycles. The first kappa shape index (κ1) is 11.3. The van der Waals surface area contributed by atoms with Crippen molar-refractivity contribution in [3.63, 3.8) is 0 Å². The molecule has 3 N–H and O–H groups in total. The molecule has 1 aliphatic rings. The van der Waals surface area contributed by atoms with Gasteiger partial charge in [0, 0.05) is 18.0 Å². The predicted molar refractivity (Wildman–Crippen MR) is 69.5 cm³/mol. The first-order valence-electron chi connectivity index (χ1n) is 4.91. The monoisotopic (exact) mass is 252 g/mol. The van der Waals surface area contributed by atoms with Crippen LogP contribution < -0.4 is 11.1 Å². The maximum atomic E-state index is 9.16. The number of nitriles is 1. The largest absolute Gasteiger partial charge is 0.376 e. The zero-order valence-electron chi connectivity index (χ0n) is 8.91. The van der Waals surface area contributed by atoms with Crippen LogP contribution in [0.4, 0.5) is 5.00 Å². The van der Waals surface area contributed by atoms with E-state index in [0.29, 0.717) is 5.56 Å². The van der Waals surface area contributed by atoms with Crippen LogP contribution in [0.5, 0.6) is 0 Å². The Morgan fingerprint density at radius 3 is 3.06 bits per heavy atom. The average Bonchev–Trinajstić information content (AvgIpc) is 2.52. The maximum absolute atomic E-state index is 9.16. The molecule has 0 fully saturated rings. The van der Waals surface area contributed by atoms with E-state index in [1.54, 1.807) is 11.3 Å². The second-order valence-corrected chi connectivity index (χ2v) is 5.34.